The molecule has 2 aromatic carbocycles. The molecule has 5 saturated heterocycles. The molecule has 5 fully saturated rings. The maximum absolute atomic E-state index is 13.2. The number of carbonyl (C=O) groups is 11. The molecule has 0 spiro atoms. The number of Topliss-reactive ketones (excluding diaryl/α,β-unsaturated/α-hetero) is 2. The van der Waals surface area contributed by atoms with Gasteiger partial charge in [-0.05, 0) is 81.3 Å². The normalized spacial score (nSPS) is 21.9. The molecule has 6 amide bonds. The highest BCUT2D eigenvalue weighted by molar-refractivity contribution is 7.60. The van der Waals surface area contributed by atoms with E-state index >= 15 is 0 Å². The molecule has 7 rings (SSSR count). The summed E-state index contributed by atoms with van der Waals surface area (Å²) in [4.78, 5) is 140. The molecule has 0 saturated carbocycles. The number of benzene rings is 2. The highest BCUT2D eigenvalue weighted by Gasteiger charge is 2.48. The Morgan fingerprint density at radius 2 is 0.949 bits per heavy atom. The second-order valence-electron chi connectivity index (χ2n) is 18.6. The number of rotatable bonds is 15. The molecule has 8 atom stereocenters. The van der Waals surface area contributed by atoms with Gasteiger partial charge < -0.3 is 59.4 Å². The number of carboxylic acids is 1. The van der Waals surface area contributed by atoms with Crippen LogP contribution in [0, 0.1) is 5.92 Å². The summed E-state index contributed by atoms with van der Waals surface area (Å²) < 4.78 is 24.4. The van der Waals surface area contributed by atoms with Gasteiger partial charge >= 0.3 is 36.2 Å². The smallest absolute Gasteiger partial charge is 0.407 e. The molecule has 28 heteroatoms. The van der Waals surface area contributed by atoms with E-state index in [0.29, 0.717) is 81.9 Å². The molecule has 2 aromatic rings. The largest absolute Gasteiger partial charge is 0.480 e. The van der Waals surface area contributed by atoms with Gasteiger partial charge in [0.2, 0.25) is 17.7 Å². The summed E-state index contributed by atoms with van der Waals surface area (Å²) in [5, 5.41) is 16.5. The number of hydrogen-bond acceptors (Lipinski definition) is 16. The first-order valence-electron chi connectivity index (χ1n) is 24.2. The van der Waals surface area contributed by atoms with Crippen molar-refractivity contribution >= 4 is 133 Å². The third-order valence-corrected chi connectivity index (χ3v) is 13.8. The molecule has 0 unspecified atom stereocenters. The quantitative estimate of drug-likeness (QED) is 0.113. The molecule has 0 aromatic heterocycles. The van der Waals surface area contributed by atoms with Gasteiger partial charge in [-0.1, -0.05) is 62.4 Å². The summed E-state index contributed by atoms with van der Waals surface area (Å²) in [6, 6.07) is 8.26. The predicted octanol–water partition coefficient (Wildman–Crippen LogP) is 3.57. The summed E-state index contributed by atoms with van der Waals surface area (Å²) >= 11 is 0. The zero-order chi connectivity index (χ0) is 53.1. The van der Waals surface area contributed by atoms with Crippen molar-refractivity contribution in [3.63, 3.8) is 0 Å². The van der Waals surface area contributed by atoms with Crippen LogP contribution in [-0.4, -0.2) is 175 Å². The van der Waals surface area contributed by atoms with Gasteiger partial charge in [-0.15, -0.1) is 0 Å². The van der Waals surface area contributed by atoms with Gasteiger partial charge in [-0.2, -0.15) is 67.5 Å². The van der Waals surface area contributed by atoms with Crippen LogP contribution in [0.3, 0.4) is 0 Å². The van der Waals surface area contributed by atoms with E-state index in [4.69, 9.17) is 14.6 Å². The minimum atomic E-state index is -0.982. The topological polar surface area (TPSA) is 300 Å². The predicted molar refractivity (Wildman–Crippen MR) is 305 cm³/mol. The number of esters is 2. The Kier molecular flexibility index (Phi) is 29.0. The average Bonchev–Trinajstić information content (AvgIpc) is 4.18. The van der Waals surface area contributed by atoms with E-state index in [1.54, 1.807) is 62.4 Å². The number of carbonyl (C=O) groups excluding carboxylic acids is 10. The summed E-state index contributed by atoms with van der Waals surface area (Å²) in [6.07, 6.45) is 3.30. The number of nitrogens with one attached hydrogen (secondary N) is 3. The van der Waals surface area contributed by atoms with Gasteiger partial charge in [-0.25, -0.2) is 28.8 Å². The first-order valence-corrected chi connectivity index (χ1v) is 24.2. The molecule has 0 bridgehead atoms. The summed E-state index contributed by atoms with van der Waals surface area (Å²) in [7, 11) is 3.62. The van der Waals surface area contributed by atoms with E-state index in [1.165, 1.54) is 36.0 Å². The lowest BCUT2D eigenvalue weighted by atomic mass is 9.98. The number of carboxylic acid groups (broad SMARTS) is 1. The van der Waals surface area contributed by atoms with E-state index in [9.17, 15) is 52.7 Å². The first-order chi connectivity index (χ1) is 34.9. The highest BCUT2D eigenvalue weighted by atomic mass is 32.1. The molecule has 4 N–H and O–H groups in total. The third-order valence-electron chi connectivity index (χ3n) is 13.8. The van der Waals surface area contributed by atoms with Crippen molar-refractivity contribution in [3.8, 4) is 11.1 Å². The van der Waals surface area contributed by atoms with Crippen LogP contribution in [-0.2, 0) is 52.5 Å². The van der Waals surface area contributed by atoms with Crippen molar-refractivity contribution in [2.24, 2.45) is 5.92 Å². The van der Waals surface area contributed by atoms with Gasteiger partial charge in [0.05, 0.1) is 21.3 Å². The average molecular weight is 1190 g/mol. The molecule has 5 aliphatic rings. The van der Waals surface area contributed by atoms with Crippen LogP contribution in [0.5, 0.6) is 0 Å². The number of aliphatic carboxylic acids is 1. The fourth-order valence-electron chi connectivity index (χ4n) is 9.95. The number of ether oxygens (including phenoxy) is 5. The van der Waals surface area contributed by atoms with Crippen LogP contribution in [0.1, 0.15) is 98.8 Å². The van der Waals surface area contributed by atoms with Gasteiger partial charge in [0, 0.05) is 29.8 Å². The van der Waals surface area contributed by atoms with E-state index in [0.717, 1.165) is 11.1 Å². The number of likely N-dealkylation sites (tertiary alicyclic amines) is 1. The van der Waals surface area contributed by atoms with Crippen molar-refractivity contribution < 1.29 is 81.5 Å². The van der Waals surface area contributed by atoms with Crippen LogP contribution in [0.4, 0.5) is 14.4 Å². The van der Waals surface area contributed by atoms with E-state index in [2.05, 4.69) is 30.2 Å². The number of piperidine rings is 2. The fraction of sp³-hybridized carbons (Fsp3) is 0.540. The lowest BCUT2D eigenvalue weighted by Gasteiger charge is -2.37. The van der Waals surface area contributed by atoms with Crippen molar-refractivity contribution in [2.75, 3.05) is 41.1 Å². The number of ketones is 2. The maximum atomic E-state index is 13.2. The Hall–Kier alpha value is -5.84. The number of hydrogen-bond donors (Lipinski definition) is 4. The first kappa shape index (κ1) is 70.2. The van der Waals surface area contributed by atoms with Crippen molar-refractivity contribution in [1.82, 2.24) is 30.7 Å². The second-order valence-corrected chi connectivity index (χ2v) is 18.6. The second kappa shape index (κ2) is 32.3. The molecule has 0 radical (unpaired) electrons. The minimum absolute atomic E-state index is 0. The third kappa shape index (κ3) is 17.1. The van der Waals surface area contributed by atoms with Crippen LogP contribution >= 0.6 is 67.5 Å². The Labute approximate surface area is 486 Å². The number of methoxy groups -OCH3 is 3. The molecule has 5 heterocycles. The van der Waals surface area contributed by atoms with Crippen LogP contribution in [0.15, 0.2) is 48.5 Å². The fourth-order valence-corrected chi connectivity index (χ4v) is 9.95. The lowest BCUT2D eigenvalue weighted by molar-refractivity contribution is -0.155. The number of fused-ring (bicyclic) bond motifs is 2. The monoisotopic (exact) mass is 1190 g/mol. The SMILES string of the molecule is COC(=O)N[C@H]1CC[C@H]2CC[C@@H](C(=O)O)N2C1=O.COC(=O)N[C@H]1CC[C@H]2CC[C@@H](C(=O)OCC(=O)c3ccc(-c4ccc(C(=O)COC(=O)[C@@H]5CCCN5C(=O)[C@@H](NC(=O)OC)C(C)C)cc4)cc3)N2C1=O.S.S.S.S.S. The van der Waals surface area contributed by atoms with Gasteiger partial charge in [0.15, 0.2) is 24.8 Å². The Bertz CT molecular complexity index is 2460. The molecule has 78 heavy (non-hydrogen) atoms. The molecular weight excluding hydrogens is 1120 g/mol. The van der Waals surface area contributed by atoms with Crippen molar-refractivity contribution in [1.29, 1.82) is 0 Å². The van der Waals surface area contributed by atoms with Crippen LogP contribution in [0.25, 0.3) is 11.1 Å². The zero-order valence-corrected chi connectivity index (χ0v) is 48.8. The van der Waals surface area contributed by atoms with Gasteiger partial charge in [0.1, 0.15) is 36.3 Å². The van der Waals surface area contributed by atoms with Crippen LogP contribution < -0.4 is 16.0 Å². The molecular formula is C50H72N6O17S5. The van der Waals surface area contributed by atoms with Crippen molar-refractivity contribution in [2.45, 2.75) is 126 Å². The Morgan fingerprint density at radius 3 is 1.36 bits per heavy atom. The minimum Gasteiger partial charge on any atom is -0.480 e. The molecule has 0 aliphatic carbocycles. The number of nitrogens with zero attached hydrogens (tertiary/aromatic N) is 3. The van der Waals surface area contributed by atoms with Gasteiger partial charge in [0.25, 0.3) is 0 Å². The summed E-state index contributed by atoms with van der Waals surface area (Å²) in [5.74, 6) is -4.61. The van der Waals surface area contributed by atoms with Gasteiger partial charge in [-0.3, -0.25) is 24.0 Å². The van der Waals surface area contributed by atoms with E-state index in [-0.39, 0.29) is 97.3 Å². The Balaban J connectivity index is 0.00000112. The lowest BCUT2D eigenvalue weighted by Crippen LogP contribution is -2.57. The van der Waals surface area contributed by atoms with Crippen LogP contribution in [0.2, 0.25) is 0 Å². The molecule has 434 valence electrons. The van der Waals surface area contributed by atoms with Crippen molar-refractivity contribution in [3.05, 3.63) is 59.7 Å². The standard InChI is InChI=1S/C39H46N4O12.C11H16N2O5.5H2S/c1-22(2)33(41-39(51)53-4)35(47)42-19-5-6-29(42)36(48)54-20-31(44)25-11-7-23(8-12-25)24-9-13-26(14-10-24)32(45)21-55-37(49)30-18-16-27-15-17-28(34(46)43(27)30)40-38(50)52-3;1-18-11(17)12-7-4-2-6-3-5-8(10(15)16)13(6)9(7)14;;;;;/h7-14,22,27-30,33H,5-6,15-21H2,1-4H3,(H,40,50)(H,41,51);6-8H,2-5H2,1H3,(H,12,17)(H,15,16);5*1H2/t27-,28-,29-,30-,33-;6-,7-,8-;;;;;/m00...../s1. The molecule has 5 aliphatic heterocycles. The maximum Gasteiger partial charge on any atom is 0.407 e. The van der Waals surface area contributed by atoms with E-state index < -0.39 is 103 Å². The Morgan fingerprint density at radius 1 is 0.551 bits per heavy atom. The zero-order valence-electron chi connectivity index (χ0n) is 43.8. The number of amides is 6. The summed E-state index contributed by atoms with van der Waals surface area (Å²) in [5.41, 5.74) is 2.12. The highest BCUT2D eigenvalue weighted by Crippen LogP contribution is 2.34. The number of alkyl carbamates (subject to hydrolysis) is 3. The summed E-state index contributed by atoms with van der Waals surface area (Å²) in [6.45, 7) is 2.82. The molecule has 23 nitrogen and oxygen atoms in total. The van der Waals surface area contributed by atoms with E-state index in [1.807, 2.05) is 0 Å².